The molecule has 0 aromatic rings. The minimum atomic E-state index is -1.92. The summed E-state index contributed by atoms with van der Waals surface area (Å²) in [4.78, 5) is 11.4. The van der Waals surface area contributed by atoms with Crippen LogP contribution in [0.4, 0.5) is 0 Å². The number of carbonyl (C=O) groups is 1. The van der Waals surface area contributed by atoms with Crippen LogP contribution in [0.3, 0.4) is 0 Å². The maximum atomic E-state index is 11.4. The van der Waals surface area contributed by atoms with Gasteiger partial charge in [-0.3, -0.25) is 0 Å². The smallest absolute Gasteiger partial charge is 0.334 e. The highest BCUT2D eigenvalue weighted by atomic mass is 16.6. The number of esters is 1. The Morgan fingerprint density at radius 3 is 1.93 bits per heavy atom. The number of hydrogen-bond acceptors (Lipinski definition) is 5. The maximum absolute atomic E-state index is 11.4. The third-order valence-corrected chi connectivity index (χ3v) is 2.14. The van der Waals surface area contributed by atoms with Crippen molar-refractivity contribution in [2.45, 2.75) is 46.2 Å². The Morgan fingerprint density at radius 2 is 1.60 bits per heavy atom. The minimum absolute atomic E-state index is 0.446. The molecule has 0 radical (unpaired) electrons. The fourth-order valence-corrected chi connectivity index (χ4v) is 0.773. The molecule has 0 saturated carbocycles. The average molecular weight is 218 g/mol. The predicted molar refractivity (Wildman–Crippen MR) is 53.8 cm³/mol. The normalized spacial score (nSPS) is 14.7. The van der Waals surface area contributed by atoms with Crippen LogP contribution in [0.1, 0.15) is 27.7 Å². The van der Waals surface area contributed by atoms with Crippen LogP contribution in [0.15, 0.2) is 11.1 Å². The molecule has 0 heterocycles. The number of rotatable bonds is 4. The average Bonchev–Trinajstić information content (AvgIpc) is 2.14. The number of allylic oxidation sites excluding steroid dienone is 1. The summed E-state index contributed by atoms with van der Waals surface area (Å²) in [6.45, 7) is 6.52. The molecule has 0 aliphatic carbocycles. The molecule has 3 N–H and O–H groups in total. The molecule has 0 fully saturated rings. The van der Waals surface area contributed by atoms with Crippen molar-refractivity contribution in [1.29, 1.82) is 0 Å². The van der Waals surface area contributed by atoms with Gasteiger partial charge in [0.1, 0.15) is 12.2 Å². The van der Waals surface area contributed by atoms with E-state index in [1.54, 1.807) is 20.8 Å². The van der Waals surface area contributed by atoms with E-state index in [9.17, 15) is 9.90 Å². The van der Waals surface area contributed by atoms with Gasteiger partial charge in [-0.15, -0.1) is 0 Å². The van der Waals surface area contributed by atoms with Gasteiger partial charge in [0.05, 0.1) is 0 Å². The molecular weight excluding hydrogens is 200 g/mol. The van der Waals surface area contributed by atoms with Crippen LogP contribution in [0, 0.1) is 0 Å². The van der Waals surface area contributed by atoms with Gasteiger partial charge in [0.15, 0.2) is 6.29 Å². The molecule has 0 saturated heterocycles. The van der Waals surface area contributed by atoms with E-state index in [-0.39, 0.29) is 0 Å². The molecule has 5 nitrogen and oxygen atoms in total. The summed E-state index contributed by atoms with van der Waals surface area (Å²) in [6.07, 6.45) is -4.38. The molecular formula is C10H18O5. The largest absolute Gasteiger partial charge is 0.456 e. The first-order chi connectivity index (χ1) is 6.77. The molecule has 0 aromatic carbocycles. The highest BCUT2D eigenvalue weighted by Crippen LogP contribution is 2.09. The van der Waals surface area contributed by atoms with Crippen LogP contribution in [-0.4, -0.2) is 39.8 Å². The summed E-state index contributed by atoms with van der Waals surface area (Å²) in [5.41, 5.74) is 1.26. The third kappa shape index (κ3) is 4.42. The molecule has 2 atom stereocenters. The molecule has 0 aliphatic rings. The van der Waals surface area contributed by atoms with E-state index in [1.165, 1.54) is 6.92 Å². The van der Waals surface area contributed by atoms with Crippen LogP contribution < -0.4 is 0 Å². The summed E-state index contributed by atoms with van der Waals surface area (Å²) in [5, 5.41) is 26.5. The van der Waals surface area contributed by atoms with E-state index in [2.05, 4.69) is 0 Å². The van der Waals surface area contributed by atoms with Crippen molar-refractivity contribution in [2.24, 2.45) is 0 Å². The van der Waals surface area contributed by atoms with Crippen molar-refractivity contribution in [3.8, 4) is 0 Å². The number of hydrogen-bond donors (Lipinski definition) is 3. The molecule has 88 valence electrons. The van der Waals surface area contributed by atoms with Crippen LogP contribution >= 0.6 is 0 Å². The molecule has 0 rings (SSSR count). The highest BCUT2D eigenvalue weighted by Gasteiger charge is 2.24. The van der Waals surface area contributed by atoms with Crippen LogP contribution in [0.25, 0.3) is 0 Å². The van der Waals surface area contributed by atoms with Crippen molar-refractivity contribution in [2.75, 3.05) is 0 Å². The zero-order chi connectivity index (χ0) is 12.2. The van der Waals surface area contributed by atoms with Gasteiger partial charge in [-0.1, -0.05) is 5.57 Å². The first kappa shape index (κ1) is 14.1. The lowest BCUT2D eigenvalue weighted by Gasteiger charge is -2.20. The molecule has 2 unspecified atom stereocenters. The molecule has 15 heavy (non-hydrogen) atoms. The summed E-state index contributed by atoms with van der Waals surface area (Å²) < 4.78 is 4.83. The zero-order valence-electron chi connectivity index (χ0n) is 9.39. The second kappa shape index (κ2) is 5.85. The molecule has 5 heteroatoms. The Bertz CT molecular complexity index is 253. The number of aliphatic hydroxyl groups excluding tert-OH is 2. The number of ether oxygens (including phenoxy) is 1. The van der Waals surface area contributed by atoms with Crippen molar-refractivity contribution in [1.82, 2.24) is 0 Å². The van der Waals surface area contributed by atoms with Crippen LogP contribution in [-0.2, 0) is 9.53 Å². The lowest BCUT2D eigenvalue weighted by molar-refractivity contribution is -0.176. The predicted octanol–water partition coefficient (Wildman–Crippen LogP) is -0.0540. The first-order valence-corrected chi connectivity index (χ1v) is 4.66. The Labute approximate surface area is 89.0 Å². The highest BCUT2D eigenvalue weighted by molar-refractivity contribution is 5.88. The number of carbonyl (C=O) groups excluding carboxylic acids is 1. The fraction of sp³-hybridized carbons (Fsp3) is 0.700. The SMILES string of the molecule is CC(C)=C(C)C(=O)OC(C)C(O)C(O)O. The quantitative estimate of drug-likeness (QED) is 0.350. The molecule has 0 aliphatic heterocycles. The second-order valence-corrected chi connectivity index (χ2v) is 3.64. The fourth-order valence-electron chi connectivity index (χ4n) is 0.773. The molecule has 0 aromatic heterocycles. The van der Waals surface area contributed by atoms with Gasteiger partial charge in [-0.05, 0) is 27.7 Å². The van der Waals surface area contributed by atoms with Crippen molar-refractivity contribution >= 4 is 5.97 Å². The summed E-state index contributed by atoms with van der Waals surface area (Å²) in [5.74, 6) is -0.567. The standard InChI is InChI=1S/C10H18O5/c1-5(2)6(3)10(14)15-7(4)8(11)9(12)13/h7-9,11-13H,1-4H3. The Balaban J connectivity index is 4.38. The second-order valence-electron chi connectivity index (χ2n) is 3.64. The van der Waals surface area contributed by atoms with Gasteiger partial charge in [0.2, 0.25) is 0 Å². The van der Waals surface area contributed by atoms with Crippen molar-refractivity contribution < 1.29 is 24.9 Å². The lowest BCUT2D eigenvalue weighted by atomic mass is 10.2. The van der Waals surface area contributed by atoms with Gasteiger partial charge in [-0.25, -0.2) is 4.79 Å². The topological polar surface area (TPSA) is 87.0 Å². The molecule has 0 amide bonds. The Hall–Kier alpha value is -0.910. The zero-order valence-corrected chi connectivity index (χ0v) is 9.39. The third-order valence-electron chi connectivity index (χ3n) is 2.14. The van der Waals surface area contributed by atoms with Gasteiger partial charge < -0.3 is 20.1 Å². The van der Waals surface area contributed by atoms with Gasteiger partial charge in [0, 0.05) is 5.57 Å². The Morgan fingerprint density at radius 1 is 1.13 bits per heavy atom. The summed E-state index contributed by atoms with van der Waals surface area (Å²) in [6, 6.07) is 0. The van der Waals surface area contributed by atoms with E-state index < -0.39 is 24.5 Å². The van der Waals surface area contributed by atoms with Gasteiger partial charge in [-0.2, -0.15) is 0 Å². The summed E-state index contributed by atoms with van der Waals surface area (Å²) >= 11 is 0. The Kier molecular flexibility index (Phi) is 5.49. The van der Waals surface area contributed by atoms with Crippen LogP contribution in [0.2, 0.25) is 0 Å². The van der Waals surface area contributed by atoms with E-state index in [0.29, 0.717) is 5.57 Å². The van der Waals surface area contributed by atoms with Crippen molar-refractivity contribution in [3.63, 3.8) is 0 Å². The van der Waals surface area contributed by atoms with E-state index in [4.69, 9.17) is 14.9 Å². The van der Waals surface area contributed by atoms with E-state index in [0.717, 1.165) is 5.57 Å². The first-order valence-electron chi connectivity index (χ1n) is 4.66. The van der Waals surface area contributed by atoms with Crippen molar-refractivity contribution in [3.05, 3.63) is 11.1 Å². The van der Waals surface area contributed by atoms with Gasteiger partial charge >= 0.3 is 5.97 Å². The number of aliphatic hydroxyl groups is 3. The summed E-state index contributed by atoms with van der Waals surface area (Å²) in [7, 11) is 0. The van der Waals surface area contributed by atoms with Gasteiger partial charge in [0.25, 0.3) is 0 Å². The van der Waals surface area contributed by atoms with E-state index >= 15 is 0 Å². The minimum Gasteiger partial charge on any atom is -0.456 e. The van der Waals surface area contributed by atoms with E-state index in [1.807, 2.05) is 0 Å². The van der Waals surface area contributed by atoms with Crippen LogP contribution in [0.5, 0.6) is 0 Å². The maximum Gasteiger partial charge on any atom is 0.334 e. The molecule has 0 spiro atoms. The molecule has 0 bridgehead atoms. The monoisotopic (exact) mass is 218 g/mol. The lowest BCUT2D eigenvalue weighted by Crippen LogP contribution is -2.38.